The Morgan fingerprint density at radius 1 is 1.29 bits per heavy atom. The molecule has 2 rings (SSSR count). The predicted octanol–water partition coefficient (Wildman–Crippen LogP) is 3.62. The van der Waals surface area contributed by atoms with E-state index < -0.39 is 0 Å². The number of hydrogen-bond donors (Lipinski definition) is 0. The third-order valence-electron chi connectivity index (χ3n) is 2.02. The van der Waals surface area contributed by atoms with E-state index in [9.17, 15) is 4.39 Å². The molecule has 0 aliphatic rings. The van der Waals surface area contributed by atoms with E-state index in [-0.39, 0.29) is 5.82 Å². The highest BCUT2D eigenvalue weighted by atomic mass is 127. The molecule has 0 unspecified atom stereocenters. The van der Waals surface area contributed by atoms with Crippen molar-refractivity contribution < 1.29 is 4.39 Å². The van der Waals surface area contributed by atoms with Crippen LogP contribution in [0.1, 0.15) is 5.56 Å². The average Bonchev–Trinajstić information content (AvgIpc) is 2.18. The summed E-state index contributed by atoms with van der Waals surface area (Å²) in [7, 11) is 0. The minimum atomic E-state index is -0.249. The van der Waals surface area contributed by atoms with Gasteiger partial charge in [0, 0.05) is 10.9 Å². The van der Waals surface area contributed by atoms with Crippen LogP contribution in [0, 0.1) is 9.52 Å². The third-order valence-corrected chi connectivity index (χ3v) is 2.62. The van der Waals surface area contributed by atoms with Gasteiger partial charge in [-0.2, -0.15) is 0 Å². The van der Waals surface area contributed by atoms with Crippen molar-refractivity contribution in [3.05, 3.63) is 45.9 Å². The van der Waals surface area contributed by atoms with Crippen LogP contribution in [0.15, 0.2) is 30.8 Å². The SMILES string of the molecule is C=Cc1ccc2nc(I)ccc2c1F. The van der Waals surface area contributed by atoms with E-state index in [1.54, 1.807) is 24.3 Å². The van der Waals surface area contributed by atoms with Crippen LogP contribution in [-0.2, 0) is 0 Å². The first-order valence-corrected chi connectivity index (χ1v) is 5.17. The van der Waals surface area contributed by atoms with E-state index in [0.717, 1.165) is 3.70 Å². The Morgan fingerprint density at radius 2 is 2.07 bits per heavy atom. The van der Waals surface area contributed by atoms with E-state index in [4.69, 9.17) is 0 Å². The zero-order valence-electron chi connectivity index (χ0n) is 7.30. The molecule has 0 fully saturated rings. The largest absolute Gasteiger partial charge is 0.242 e. The number of pyridine rings is 1. The predicted molar refractivity (Wildman–Crippen MR) is 64.5 cm³/mol. The van der Waals surface area contributed by atoms with Crippen molar-refractivity contribution in [2.24, 2.45) is 0 Å². The molecule has 0 radical (unpaired) electrons. The maximum atomic E-state index is 13.7. The lowest BCUT2D eigenvalue weighted by Gasteiger charge is -2.02. The average molecular weight is 299 g/mol. The number of benzene rings is 1. The van der Waals surface area contributed by atoms with Crippen LogP contribution < -0.4 is 0 Å². The molecule has 1 aromatic carbocycles. The zero-order valence-corrected chi connectivity index (χ0v) is 9.45. The van der Waals surface area contributed by atoms with E-state index >= 15 is 0 Å². The summed E-state index contributed by atoms with van der Waals surface area (Å²) in [6.07, 6.45) is 1.51. The lowest BCUT2D eigenvalue weighted by Crippen LogP contribution is -1.88. The fourth-order valence-electron chi connectivity index (χ4n) is 1.32. The quantitative estimate of drug-likeness (QED) is 0.579. The summed E-state index contributed by atoms with van der Waals surface area (Å²) in [6, 6.07) is 7.02. The molecule has 0 atom stereocenters. The van der Waals surface area contributed by atoms with Crippen LogP contribution in [0.4, 0.5) is 4.39 Å². The Hall–Kier alpha value is -0.970. The number of rotatable bonds is 1. The molecule has 1 aromatic heterocycles. The molecule has 0 N–H and O–H groups in total. The summed E-state index contributed by atoms with van der Waals surface area (Å²) >= 11 is 2.10. The molecule has 3 heteroatoms. The summed E-state index contributed by atoms with van der Waals surface area (Å²) in [6.45, 7) is 3.55. The van der Waals surface area contributed by atoms with E-state index in [1.807, 2.05) is 0 Å². The highest BCUT2D eigenvalue weighted by Crippen LogP contribution is 2.21. The van der Waals surface area contributed by atoms with Crippen LogP contribution in [0.25, 0.3) is 17.0 Å². The van der Waals surface area contributed by atoms with Gasteiger partial charge in [-0.3, -0.25) is 0 Å². The van der Waals surface area contributed by atoms with Gasteiger partial charge in [0.05, 0.1) is 5.52 Å². The number of hydrogen-bond acceptors (Lipinski definition) is 1. The fraction of sp³-hybridized carbons (Fsp3) is 0. The first-order valence-electron chi connectivity index (χ1n) is 4.09. The Bertz CT molecular complexity index is 508. The summed E-state index contributed by atoms with van der Waals surface area (Å²) in [5.41, 5.74) is 1.19. The third kappa shape index (κ3) is 1.52. The lowest BCUT2D eigenvalue weighted by molar-refractivity contribution is 0.637. The second-order valence-electron chi connectivity index (χ2n) is 2.87. The maximum Gasteiger partial charge on any atom is 0.139 e. The van der Waals surface area contributed by atoms with E-state index in [2.05, 4.69) is 34.2 Å². The first kappa shape index (κ1) is 9.58. The summed E-state index contributed by atoms with van der Waals surface area (Å²) in [4.78, 5) is 4.22. The second kappa shape index (κ2) is 3.65. The van der Waals surface area contributed by atoms with Crippen molar-refractivity contribution in [3.8, 4) is 0 Å². The monoisotopic (exact) mass is 299 g/mol. The van der Waals surface area contributed by atoms with Crippen LogP contribution in [0.3, 0.4) is 0 Å². The molecule has 0 amide bonds. The van der Waals surface area contributed by atoms with Crippen molar-refractivity contribution in [1.82, 2.24) is 4.98 Å². The molecular formula is C11H7FIN. The number of halogens is 2. The van der Waals surface area contributed by atoms with Crippen molar-refractivity contribution in [2.45, 2.75) is 0 Å². The Kier molecular flexibility index (Phi) is 2.50. The highest BCUT2D eigenvalue weighted by Gasteiger charge is 2.05. The van der Waals surface area contributed by atoms with Gasteiger partial charge in [0.15, 0.2) is 0 Å². The number of nitrogens with zero attached hydrogens (tertiary/aromatic N) is 1. The van der Waals surface area contributed by atoms with Crippen LogP contribution >= 0.6 is 22.6 Å². The van der Waals surface area contributed by atoms with Gasteiger partial charge < -0.3 is 0 Å². The molecule has 1 nitrogen and oxygen atoms in total. The van der Waals surface area contributed by atoms with Crippen molar-refractivity contribution in [1.29, 1.82) is 0 Å². The fourth-order valence-corrected chi connectivity index (χ4v) is 1.76. The Balaban J connectivity index is 2.83. The highest BCUT2D eigenvalue weighted by molar-refractivity contribution is 14.1. The lowest BCUT2D eigenvalue weighted by atomic mass is 10.1. The van der Waals surface area contributed by atoms with Crippen LogP contribution in [-0.4, -0.2) is 4.98 Å². The second-order valence-corrected chi connectivity index (χ2v) is 3.98. The van der Waals surface area contributed by atoms with Gasteiger partial charge in [-0.25, -0.2) is 9.37 Å². The molecule has 70 valence electrons. The standard InChI is InChI=1S/C11H7FIN/c1-2-7-3-5-9-8(11(7)12)4-6-10(13)14-9/h2-6H,1H2. The molecule has 2 aromatic rings. The maximum absolute atomic E-state index is 13.7. The first-order chi connectivity index (χ1) is 6.72. The van der Waals surface area contributed by atoms with Crippen molar-refractivity contribution in [2.75, 3.05) is 0 Å². The topological polar surface area (TPSA) is 12.9 Å². The molecule has 0 saturated carbocycles. The van der Waals surface area contributed by atoms with Gasteiger partial charge in [-0.05, 0) is 46.9 Å². The van der Waals surface area contributed by atoms with Gasteiger partial charge in [-0.1, -0.05) is 12.7 Å². The Morgan fingerprint density at radius 3 is 2.79 bits per heavy atom. The minimum absolute atomic E-state index is 0.249. The van der Waals surface area contributed by atoms with Gasteiger partial charge in [0.1, 0.15) is 9.52 Å². The molecule has 0 saturated heterocycles. The van der Waals surface area contributed by atoms with Gasteiger partial charge in [0.25, 0.3) is 0 Å². The zero-order chi connectivity index (χ0) is 10.1. The summed E-state index contributed by atoms with van der Waals surface area (Å²) in [5.74, 6) is -0.249. The van der Waals surface area contributed by atoms with Crippen LogP contribution in [0.5, 0.6) is 0 Å². The normalized spacial score (nSPS) is 10.4. The summed E-state index contributed by atoms with van der Waals surface area (Å²) < 4.78 is 14.5. The van der Waals surface area contributed by atoms with Crippen molar-refractivity contribution >= 4 is 39.6 Å². The van der Waals surface area contributed by atoms with E-state index in [1.165, 1.54) is 6.08 Å². The molecule has 0 aliphatic carbocycles. The van der Waals surface area contributed by atoms with Gasteiger partial charge in [0.2, 0.25) is 0 Å². The molecule has 1 heterocycles. The van der Waals surface area contributed by atoms with Gasteiger partial charge >= 0.3 is 0 Å². The van der Waals surface area contributed by atoms with Crippen molar-refractivity contribution in [3.63, 3.8) is 0 Å². The van der Waals surface area contributed by atoms with E-state index in [0.29, 0.717) is 16.5 Å². The van der Waals surface area contributed by atoms with Gasteiger partial charge in [-0.15, -0.1) is 0 Å². The Labute approximate surface area is 94.8 Å². The molecule has 0 spiro atoms. The number of fused-ring (bicyclic) bond motifs is 1. The minimum Gasteiger partial charge on any atom is -0.242 e. The molecule has 14 heavy (non-hydrogen) atoms. The molecule has 0 aliphatic heterocycles. The smallest absolute Gasteiger partial charge is 0.139 e. The summed E-state index contributed by atoms with van der Waals surface area (Å²) in [5, 5.41) is 0.544. The number of aromatic nitrogens is 1. The molecular weight excluding hydrogens is 292 g/mol. The molecule has 0 bridgehead atoms. The van der Waals surface area contributed by atoms with Crippen LogP contribution in [0.2, 0.25) is 0 Å².